The van der Waals surface area contributed by atoms with Crippen LogP contribution in [0.3, 0.4) is 0 Å². The maximum absolute atomic E-state index is 5.10. The lowest BCUT2D eigenvalue weighted by Crippen LogP contribution is -1.90. The van der Waals surface area contributed by atoms with Gasteiger partial charge in [-0.3, -0.25) is 0 Å². The second-order valence-electron chi connectivity index (χ2n) is 2.91. The predicted octanol–water partition coefficient (Wildman–Crippen LogP) is 1.76. The molecule has 0 atom stereocenters. The Morgan fingerprint density at radius 2 is 2.33 bits per heavy atom. The highest BCUT2D eigenvalue weighted by atomic mass is 16.5. The number of rotatable bonds is 3. The van der Waals surface area contributed by atoms with Crippen molar-refractivity contribution in [1.29, 1.82) is 0 Å². The van der Waals surface area contributed by atoms with E-state index in [9.17, 15) is 0 Å². The minimum Gasteiger partial charge on any atom is -0.339 e. The number of aromatic nitrogens is 2. The molecular formula is C9H12N2O. The first-order chi connectivity index (χ1) is 5.74. The van der Waals surface area contributed by atoms with Crippen LogP contribution < -0.4 is 0 Å². The van der Waals surface area contributed by atoms with Crippen molar-refractivity contribution in [3.63, 3.8) is 0 Å². The highest BCUT2D eigenvalue weighted by Gasteiger charge is 2.08. The Bertz CT molecular complexity index is 283. The number of hydrogen-bond donors (Lipinski definition) is 0. The zero-order valence-electron chi connectivity index (χ0n) is 7.37. The van der Waals surface area contributed by atoms with E-state index in [0.717, 1.165) is 5.82 Å². The van der Waals surface area contributed by atoms with E-state index in [4.69, 9.17) is 10.9 Å². The third-order valence-corrected chi connectivity index (χ3v) is 1.48. The van der Waals surface area contributed by atoms with Crippen LogP contribution in [0.4, 0.5) is 0 Å². The molecule has 3 nitrogen and oxygen atoms in total. The third-order valence-electron chi connectivity index (χ3n) is 1.48. The summed E-state index contributed by atoms with van der Waals surface area (Å²) >= 11 is 0. The molecule has 0 aliphatic rings. The van der Waals surface area contributed by atoms with Crippen molar-refractivity contribution < 1.29 is 4.52 Å². The topological polar surface area (TPSA) is 38.9 Å². The monoisotopic (exact) mass is 164 g/mol. The summed E-state index contributed by atoms with van der Waals surface area (Å²) in [5, 5.41) is 3.81. The van der Waals surface area contributed by atoms with Gasteiger partial charge in [0.05, 0.1) is 0 Å². The van der Waals surface area contributed by atoms with Crippen molar-refractivity contribution >= 4 is 0 Å². The first kappa shape index (κ1) is 8.79. The molecular weight excluding hydrogens is 152 g/mol. The Kier molecular flexibility index (Phi) is 2.87. The average Bonchev–Trinajstić information content (AvgIpc) is 2.48. The highest BCUT2D eigenvalue weighted by Crippen LogP contribution is 2.10. The molecule has 1 heterocycles. The summed E-state index contributed by atoms with van der Waals surface area (Å²) in [7, 11) is 0. The van der Waals surface area contributed by atoms with Gasteiger partial charge in [0.25, 0.3) is 0 Å². The summed E-state index contributed by atoms with van der Waals surface area (Å²) in [6, 6.07) is 0. The van der Waals surface area contributed by atoms with Gasteiger partial charge in [-0.25, -0.2) is 0 Å². The quantitative estimate of drug-likeness (QED) is 0.639. The first-order valence-corrected chi connectivity index (χ1v) is 4.00. The van der Waals surface area contributed by atoms with E-state index in [-0.39, 0.29) is 0 Å². The van der Waals surface area contributed by atoms with Crippen LogP contribution in [0.15, 0.2) is 4.52 Å². The normalized spacial score (nSPS) is 10.2. The molecule has 0 N–H and O–H groups in total. The second-order valence-corrected chi connectivity index (χ2v) is 2.91. The molecule has 1 aromatic rings. The van der Waals surface area contributed by atoms with Crippen LogP contribution in [0.2, 0.25) is 0 Å². The molecule has 0 amide bonds. The second kappa shape index (κ2) is 3.91. The number of aryl methyl sites for hydroxylation is 1. The van der Waals surface area contributed by atoms with E-state index in [1.165, 1.54) is 0 Å². The smallest absolute Gasteiger partial charge is 0.227 e. The summed E-state index contributed by atoms with van der Waals surface area (Å²) in [6.07, 6.45) is 6.43. The molecule has 1 rings (SSSR count). The van der Waals surface area contributed by atoms with E-state index in [2.05, 4.69) is 16.1 Å². The van der Waals surface area contributed by atoms with E-state index < -0.39 is 0 Å². The van der Waals surface area contributed by atoms with E-state index in [0.29, 0.717) is 24.7 Å². The Morgan fingerprint density at radius 1 is 1.58 bits per heavy atom. The van der Waals surface area contributed by atoms with Gasteiger partial charge in [-0.05, 0) is 0 Å². The van der Waals surface area contributed by atoms with Crippen LogP contribution in [-0.4, -0.2) is 10.1 Å². The van der Waals surface area contributed by atoms with E-state index >= 15 is 0 Å². The molecule has 0 aromatic carbocycles. The van der Waals surface area contributed by atoms with Gasteiger partial charge in [-0.1, -0.05) is 19.0 Å². The SMILES string of the molecule is C#CCCc1nc(C(C)C)no1. The Balaban J connectivity index is 2.59. The molecule has 12 heavy (non-hydrogen) atoms. The zero-order chi connectivity index (χ0) is 8.97. The van der Waals surface area contributed by atoms with Crippen LogP contribution in [0.1, 0.15) is 37.9 Å². The molecule has 0 aliphatic carbocycles. The van der Waals surface area contributed by atoms with Crippen molar-refractivity contribution in [2.24, 2.45) is 0 Å². The van der Waals surface area contributed by atoms with Crippen molar-refractivity contribution in [3.8, 4) is 12.3 Å². The fraction of sp³-hybridized carbons (Fsp3) is 0.556. The van der Waals surface area contributed by atoms with Crippen molar-refractivity contribution in [2.75, 3.05) is 0 Å². The molecule has 3 heteroatoms. The van der Waals surface area contributed by atoms with Crippen molar-refractivity contribution in [2.45, 2.75) is 32.6 Å². The Labute approximate surface area is 72.2 Å². The van der Waals surface area contributed by atoms with Gasteiger partial charge in [0.15, 0.2) is 5.82 Å². The van der Waals surface area contributed by atoms with Gasteiger partial charge < -0.3 is 4.52 Å². The molecule has 64 valence electrons. The lowest BCUT2D eigenvalue weighted by Gasteiger charge is -1.91. The van der Waals surface area contributed by atoms with Gasteiger partial charge >= 0.3 is 0 Å². The van der Waals surface area contributed by atoms with Crippen molar-refractivity contribution in [1.82, 2.24) is 10.1 Å². The lowest BCUT2D eigenvalue weighted by atomic mass is 10.2. The minimum atomic E-state index is 0.313. The summed E-state index contributed by atoms with van der Waals surface area (Å²) in [5.41, 5.74) is 0. The van der Waals surface area contributed by atoms with Crippen LogP contribution in [0.25, 0.3) is 0 Å². The third kappa shape index (κ3) is 2.09. The molecule has 0 saturated heterocycles. The van der Waals surface area contributed by atoms with Gasteiger partial charge in [0.1, 0.15) is 0 Å². The standard InChI is InChI=1S/C9H12N2O/c1-4-5-6-8-10-9(7(2)3)11-12-8/h1,7H,5-6H2,2-3H3. The molecule has 0 radical (unpaired) electrons. The summed E-state index contributed by atoms with van der Waals surface area (Å²) < 4.78 is 4.97. The van der Waals surface area contributed by atoms with Gasteiger partial charge in [0.2, 0.25) is 5.89 Å². The van der Waals surface area contributed by atoms with Crippen LogP contribution in [-0.2, 0) is 6.42 Å². The Hall–Kier alpha value is -1.30. The first-order valence-electron chi connectivity index (χ1n) is 4.00. The van der Waals surface area contributed by atoms with Crippen molar-refractivity contribution in [3.05, 3.63) is 11.7 Å². The molecule has 0 aliphatic heterocycles. The van der Waals surface area contributed by atoms with Gasteiger partial charge in [-0.2, -0.15) is 4.98 Å². The molecule has 0 unspecified atom stereocenters. The summed E-state index contributed by atoms with van der Waals surface area (Å²) in [6.45, 7) is 4.05. The van der Waals surface area contributed by atoms with Gasteiger partial charge in [-0.15, -0.1) is 12.3 Å². The largest absolute Gasteiger partial charge is 0.339 e. The number of terminal acetylenes is 1. The molecule has 0 spiro atoms. The maximum Gasteiger partial charge on any atom is 0.227 e. The average molecular weight is 164 g/mol. The van der Waals surface area contributed by atoms with Gasteiger partial charge in [0, 0.05) is 18.8 Å². The summed E-state index contributed by atoms with van der Waals surface area (Å²) in [4.78, 5) is 4.17. The molecule has 1 aromatic heterocycles. The van der Waals surface area contributed by atoms with E-state index in [1.807, 2.05) is 13.8 Å². The number of nitrogens with zero attached hydrogens (tertiary/aromatic N) is 2. The zero-order valence-corrected chi connectivity index (χ0v) is 7.37. The van der Waals surface area contributed by atoms with Crippen LogP contribution in [0, 0.1) is 12.3 Å². The maximum atomic E-state index is 5.10. The van der Waals surface area contributed by atoms with Crippen LogP contribution >= 0.6 is 0 Å². The summed E-state index contributed by atoms with van der Waals surface area (Å²) in [5.74, 6) is 4.23. The fourth-order valence-corrected chi connectivity index (χ4v) is 0.783. The molecule has 0 fully saturated rings. The van der Waals surface area contributed by atoms with E-state index in [1.54, 1.807) is 0 Å². The lowest BCUT2D eigenvalue weighted by molar-refractivity contribution is 0.372. The Morgan fingerprint density at radius 3 is 2.83 bits per heavy atom. The number of hydrogen-bond acceptors (Lipinski definition) is 3. The molecule has 0 saturated carbocycles. The fourth-order valence-electron chi connectivity index (χ4n) is 0.783. The molecule has 0 bridgehead atoms. The highest BCUT2D eigenvalue weighted by molar-refractivity contribution is 4.94. The van der Waals surface area contributed by atoms with Crippen LogP contribution in [0.5, 0.6) is 0 Å². The minimum absolute atomic E-state index is 0.313. The predicted molar refractivity (Wildman–Crippen MR) is 45.5 cm³/mol.